The van der Waals surface area contributed by atoms with E-state index in [-0.39, 0.29) is 0 Å². The molecule has 1 rings (SSSR count). The molecule has 0 atom stereocenters. The smallest absolute Gasteiger partial charge is 0.221 e. The Morgan fingerprint density at radius 1 is 1.46 bits per heavy atom. The summed E-state index contributed by atoms with van der Waals surface area (Å²) in [4.78, 5) is 12.3. The van der Waals surface area contributed by atoms with Crippen LogP contribution in [0.4, 0.5) is 0 Å². The lowest BCUT2D eigenvalue weighted by molar-refractivity contribution is -0.110. The van der Waals surface area contributed by atoms with Crippen LogP contribution in [0.2, 0.25) is 0 Å². The second-order valence-corrected chi connectivity index (χ2v) is 3.61. The van der Waals surface area contributed by atoms with Crippen LogP contribution in [-0.2, 0) is 4.79 Å². The number of amides is 1. The van der Waals surface area contributed by atoms with Crippen LogP contribution in [0.5, 0.6) is 0 Å². The van der Waals surface area contributed by atoms with Gasteiger partial charge >= 0.3 is 0 Å². The molecule has 0 unspecified atom stereocenters. The average Bonchev–Trinajstić information content (AvgIpc) is 2.65. The second-order valence-electron chi connectivity index (χ2n) is 3.61. The van der Waals surface area contributed by atoms with Crippen molar-refractivity contribution < 1.29 is 4.79 Å². The molecular formula is C9H19N3O. The van der Waals surface area contributed by atoms with E-state index in [4.69, 9.17) is 0 Å². The molecule has 1 aliphatic carbocycles. The first kappa shape index (κ1) is 10.5. The van der Waals surface area contributed by atoms with Crippen LogP contribution >= 0.6 is 0 Å². The summed E-state index contributed by atoms with van der Waals surface area (Å²) < 4.78 is 0. The molecule has 0 bridgehead atoms. The highest BCUT2D eigenvalue weighted by Crippen LogP contribution is 2.21. The summed E-state index contributed by atoms with van der Waals surface area (Å²) in [5.74, 6) is 0. The molecular weight excluding hydrogens is 166 g/mol. The fourth-order valence-electron chi connectivity index (χ4n) is 1.87. The predicted octanol–water partition coefficient (Wildman–Crippen LogP) is 0.111. The van der Waals surface area contributed by atoms with E-state index in [1.165, 1.54) is 25.7 Å². The van der Waals surface area contributed by atoms with Crippen LogP contribution in [-0.4, -0.2) is 37.5 Å². The average molecular weight is 185 g/mol. The van der Waals surface area contributed by atoms with Crippen molar-refractivity contribution in [3.8, 4) is 0 Å². The number of carbonyl (C=O) groups is 1. The van der Waals surface area contributed by atoms with Gasteiger partial charge in [0.15, 0.2) is 0 Å². The number of carbonyl (C=O) groups excluding carboxylic acids is 1. The van der Waals surface area contributed by atoms with Gasteiger partial charge in [-0.2, -0.15) is 0 Å². The summed E-state index contributed by atoms with van der Waals surface area (Å²) in [7, 11) is 2.15. The zero-order valence-corrected chi connectivity index (χ0v) is 8.25. The summed E-state index contributed by atoms with van der Waals surface area (Å²) in [5.41, 5.74) is 5.27. The number of hydrogen-bond acceptors (Lipinski definition) is 3. The first-order chi connectivity index (χ1) is 6.34. The molecule has 2 N–H and O–H groups in total. The van der Waals surface area contributed by atoms with Crippen LogP contribution in [0, 0.1) is 0 Å². The van der Waals surface area contributed by atoms with Crippen molar-refractivity contribution in [3.05, 3.63) is 0 Å². The summed E-state index contributed by atoms with van der Waals surface area (Å²) in [6, 6.07) is 0.762. The Balaban J connectivity index is 2.02. The fourth-order valence-corrected chi connectivity index (χ4v) is 1.87. The van der Waals surface area contributed by atoms with Gasteiger partial charge in [-0.15, -0.1) is 0 Å². The topological polar surface area (TPSA) is 44.4 Å². The minimum absolute atomic E-state index is 0.662. The normalized spacial score (nSPS) is 18.0. The SMILES string of the molecule is CN(CCNNC=O)C1CCCC1. The van der Waals surface area contributed by atoms with Crippen LogP contribution in [0.1, 0.15) is 25.7 Å². The van der Waals surface area contributed by atoms with Gasteiger partial charge in [0, 0.05) is 19.1 Å². The molecule has 76 valence electrons. The molecule has 1 saturated carbocycles. The van der Waals surface area contributed by atoms with Gasteiger partial charge in [-0.05, 0) is 19.9 Å². The highest BCUT2D eigenvalue weighted by molar-refractivity contribution is 5.44. The molecule has 1 amide bonds. The van der Waals surface area contributed by atoms with Gasteiger partial charge in [-0.25, -0.2) is 5.43 Å². The van der Waals surface area contributed by atoms with E-state index in [0.29, 0.717) is 6.41 Å². The van der Waals surface area contributed by atoms with Crippen molar-refractivity contribution in [2.45, 2.75) is 31.7 Å². The third-order valence-electron chi connectivity index (χ3n) is 2.70. The zero-order valence-electron chi connectivity index (χ0n) is 8.25. The van der Waals surface area contributed by atoms with E-state index in [1.54, 1.807) is 0 Å². The molecule has 1 fully saturated rings. The number of likely N-dealkylation sites (N-methyl/N-ethyl adjacent to an activating group) is 1. The first-order valence-electron chi connectivity index (χ1n) is 4.97. The maximum absolute atomic E-state index is 9.92. The Kier molecular flexibility index (Phi) is 4.78. The fraction of sp³-hybridized carbons (Fsp3) is 0.889. The van der Waals surface area contributed by atoms with E-state index in [1.807, 2.05) is 0 Å². The summed E-state index contributed by atoms with van der Waals surface area (Å²) in [5, 5.41) is 0. The van der Waals surface area contributed by atoms with Crippen molar-refractivity contribution in [1.82, 2.24) is 15.8 Å². The van der Waals surface area contributed by atoms with Crippen molar-refractivity contribution >= 4 is 6.41 Å². The number of rotatable bonds is 6. The molecule has 4 nitrogen and oxygen atoms in total. The molecule has 0 saturated heterocycles. The first-order valence-corrected chi connectivity index (χ1v) is 4.97. The molecule has 4 heteroatoms. The molecule has 0 aromatic heterocycles. The minimum Gasteiger partial charge on any atom is -0.302 e. The third kappa shape index (κ3) is 3.74. The Hall–Kier alpha value is -0.610. The van der Waals surface area contributed by atoms with E-state index >= 15 is 0 Å². The summed E-state index contributed by atoms with van der Waals surface area (Å²) >= 11 is 0. The van der Waals surface area contributed by atoms with Gasteiger partial charge in [-0.1, -0.05) is 12.8 Å². The number of hydrazine groups is 1. The monoisotopic (exact) mass is 185 g/mol. The van der Waals surface area contributed by atoms with Gasteiger partial charge in [0.25, 0.3) is 0 Å². The quantitative estimate of drug-likeness (QED) is 0.351. The van der Waals surface area contributed by atoms with Crippen molar-refractivity contribution in [2.75, 3.05) is 20.1 Å². The standard InChI is InChI=1S/C9H19N3O/c1-12(7-6-10-11-8-13)9-4-2-3-5-9/h8-10H,2-7H2,1H3,(H,11,13). The maximum Gasteiger partial charge on any atom is 0.221 e. The predicted molar refractivity (Wildman–Crippen MR) is 52.1 cm³/mol. The molecule has 13 heavy (non-hydrogen) atoms. The van der Waals surface area contributed by atoms with E-state index < -0.39 is 0 Å². The highest BCUT2D eigenvalue weighted by atomic mass is 16.1. The summed E-state index contributed by atoms with van der Waals surface area (Å²) in [6.45, 7) is 1.80. The van der Waals surface area contributed by atoms with E-state index in [0.717, 1.165) is 19.1 Å². The molecule has 0 radical (unpaired) electrons. The molecule has 0 aliphatic heterocycles. The number of hydrogen-bond donors (Lipinski definition) is 2. The lowest BCUT2D eigenvalue weighted by Crippen LogP contribution is -2.39. The number of nitrogens with zero attached hydrogens (tertiary/aromatic N) is 1. The van der Waals surface area contributed by atoms with Gasteiger partial charge in [0.05, 0.1) is 0 Å². The third-order valence-corrected chi connectivity index (χ3v) is 2.70. The van der Waals surface area contributed by atoms with Gasteiger partial charge in [-0.3, -0.25) is 10.2 Å². The largest absolute Gasteiger partial charge is 0.302 e. The Bertz CT molecular complexity index is 146. The van der Waals surface area contributed by atoms with Crippen molar-refractivity contribution in [2.24, 2.45) is 0 Å². The molecule has 1 aliphatic rings. The van der Waals surface area contributed by atoms with Gasteiger partial charge in [0.2, 0.25) is 6.41 Å². The van der Waals surface area contributed by atoms with Crippen LogP contribution in [0.3, 0.4) is 0 Å². The minimum atomic E-state index is 0.662. The highest BCUT2D eigenvalue weighted by Gasteiger charge is 2.18. The van der Waals surface area contributed by atoms with Crippen LogP contribution in [0.25, 0.3) is 0 Å². The molecule has 0 aromatic carbocycles. The second kappa shape index (κ2) is 5.94. The van der Waals surface area contributed by atoms with E-state index in [2.05, 4.69) is 22.8 Å². The Morgan fingerprint density at radius 2 is 2.15 bits per heavy atom. The van der Waals surface area contributed by atoms with Gasteiger partial charge < -0.3 is 4.90 Å². The van der Waals surface area contributed by atoms with Crippen LogP contribution < -0.4 is 10.9 Å². The lowest BCUT2D eigenvalue weighted by Gasteiger charge is -2.23. The van der Waals surface area contributed by atoms with Gasteiger partial charge in [0.1, 0.15) is 0 Å². The Morgan fingerprint density at radius 3 is 2.77 bits per heavy atom. The Labute approximate surface area is 79.6 Å². The van der Waals surface area contributed by atoms with E-state index in [9.17, 15) is 4.79 Å². The van der Waals surface area contributed by atoms with Crippen LogP contribution in [0.15, 0.2) is 0 Å². The zero-order chi connectivity index (χ0) is 9.52. The van der Waals surface area contributed by atoms with Crippen molar-refractivity contribution in [3.63, 3.8) is 0 Å². The molecule has 0 heterocycles. The molecule has 0 spiro atoms. The number of nitrogens with one attached hydrogen (secondary N) is 2. The summed E-state index contributed by atoms with van der Waals surface area (Å²) in [6.07, 6.45) is 6.06. The molecule has 0 aromatic rings. The maximum atomic E-state index is 9.92. The lowest BCUT2D eigenvalue weighted by atomic mass is 10.2. The van der Waals surface area contributed by atoms with Crippen molar-refractivity contribution in [1.29, 1.82) is 0 Å².